The molecular formula is C28H35ClF3N5O3. The fourth-order valence-electron chi connectivity index (χ4n) is 5.09. The highest BCUT2D eigenvalue weighted by Gasteiger charge is 2.31. The molecule has 0 saturated carbocycles. The average molecular weight is 582 g/mol. The van der Waals surface area contributed by atoms with Crippen LogP contribution in [0.4, 0.5) is 13.2 Å². The van der Waals surface area contributed by atoms with Crippen LogP contribution in [0.15, 0.2) is 48.5 Å². The molecule has 2 unspecified atom stereocenters. The number of aliphatic hydroxyl groups excluding tert-OH is 1. The maximum Gasteiger partial charge on any atom is 0.416 e. The van der Waals surface area contributed by atoms with Gasteiger partial charge in [0, 0.05) is 62.9 Å². The molecule has 2 fully saturated rings. The van der Waals surface area contributed by atoms with Crippen LogP contribution in [0.3, 0.4) is 0 Å². The third-order valence-electron chi connectivity index (χ3n) is 7.41. The normalized spacial score (nSPS) is 19.9. The summed E-state index contributed by atoms with van der Waals surface area (Å²) in [5.41, 5.74) is -0.211. The van der Waals surface area contributed by atoms with Crippen molar-refractivity contribution in [3.05, 3.63) is 70.2 Å². The molecule has 4 rings (SSSR count). The van der Waals surface area contributed by atoms with Crippen LogP contribution in [0.1, 0.15) is 40.4 Å². The number of aliphatic hydroxyl groups is 1. The fourth-order valence-corrected chi connectivity index (χ4v) is 5.22. The van der Waals surface area contributed by atoms with Gasteiger partial charge in [-0.05, 0) is 48.7 Å². The van der Waals surface area contributed by atoms with Crippen LogP contribution in [-0.4, -0.2) is 96.7 Å². The summed E-state index contributed by atoms with van der Waals surface area (Å²) >= 11 is 5.93. The second-order valence-electron chi connectivity index (χ2n) is 10.2. The first-order chi connectivity index (χ1) is 19.1. The molecule has 2 saturated heterocycles. The number of nitrogens with one attached hydrogen (secondary N) is 2. The maximum atomic E-state index is 12.9. The van der Waals surface area contributed by atoms with Gasteiger partial charge in [0.15, 0.2) is 0 Å². The summed E-state index contributed by atoms with van der Waals surface area (Å²) in [7, 11) is 0. The van der Waals surface area contributed by atoms with Crippen molar-refractivity contribution in [1.82, 2.24) is 25.3 Å². The summed E-state index contributed by atoms with van der Waals surface area (Å²) in [5.74, 6) is -1.12. The molecule has 3 N–H and O–H groups in total. The van der Waals surface area contributed by atoms with Crippen LogP contribution in [0, 0.1) is 0 Å². The number of amides is 2. The van der Waals surface area contributed by atoms with Crippen molar-refractivity contribution in [3.63, 3.8) is 0 Å². The molecule has 0 spiro atoms. The SMILES string of the molecule is O=C(CNC(=O)c1cccc(C(F)(F)F)c1)NC1CCCN1CCN1CCN(CC(O)c2ccc(Cl)cc2)CC1. The Balaban J connectivity index is 1.15. The second-order valence-corrected chi connectivity index (χ2v) is 10.7. The second kappa shape index (κ2) is 13.8. The monoisotopic (exact) mass is 581 g/mol. The summed E-state index contributed by atoms with van der Waals surface area (Å²) in [6, 6.07) is 11.4. The number of hydrogen-bond acceptors (Lipinski definition) is 6. The molecule has 2 atom stereocenters. The van der Waals surface area contributed by atoms with Gasteiger partial charge in [-0.3, -0.25) is 24.3 Å². The van der Waals surface area contributed by atoms with Gasteiger partial charge in [0.05, 0.1) is 24.4 Å². The minimum Gasteiger partial charge on any atom is -0.387 e. The van der Waals surface area contributed by atoms with Crippen LogP contribution < -0.4 is 10.6 Å². The molecule has 2 heterocycles. The summed E-state index contributed by atoms with van der Waals surface area (Å²) < 4.78 is 38.7. The van der Waals surface area contributed by atoms with Gasteiger partial charge < -0.3 is 15.7 Å². The van der Waals surface area contributed by atoms with Crippen LogP contribution in [0.25, 0.3) is 0 Å². The number of benzene rings is 2. The number of carbonyl (C=O) groups excluding carboxylic acids is 2. The molecule has 2 aliphatic rings. The lowest BCUT2D eigenvalue weighted by Crippen LogP contribution is -2.52. The van der Waals surface area contributed by atoms with E-state index >= 15 is 0 Å². The van der Waals surface area contributed by atoms with E-state index in [1.807, 2.05) is 12.1 Å². The van der Waals surface area contributed by atoms with E-state index < -0.39 is 23.8 Å². The number of β-amino-alcohol motifs (C(OH)–C–C–N with tert-alkyl or cyclic N) is 1. The lowest BCUT2D eigenvalue weighted by atomic mass is 10.1. The molecular weight excluding hydrogens is 547 g/mol. The molecule has 0 radical (unpaired) electrons. The molecule has 2 amide bonds. The zero-order valence-corrected chi connectivity index (χ0v) is 22.9. The van der Waals surface area contributed by atoms with Gasteiger partial charge in [0.1, 0.15) is 0 Å². The zero-order chi connectivity index (χ0) is 28.7. The zero-order valence-electron chi connectivity index (χ0n) is 22.2. The van der Waals surface area contributed by atoms with Gasteiger partial charge in [-0.25, -0.2) is 0 Å². The number of rotatable bonds is 10. The lowest BCUT2D eigenvalue weighted by Gasteiger charge is -2.37. The Labute approximate surface area is 237 Å². The molecule has 0 bridgehead atoms. The largest absolute Gasteiger partial charge is 0.416 e. The Morgan fingerprint density at radius 2 is 1.70 bits per heavy atom. The van der Waals surface area contributed by atoms with Crippen molar-refractivity contribution in [2.75, 3.05) is 58.9 Å². The smallest absolute Gasteiger partial charge is 0.387 e. The van der Waals surface area contributed by atoms with Gasteiger partial charge in [-0.1, -0.05) is 29.8 Å². The quantitative estimate of drug-likeness (QED) is 0.400. The average Bonchev–Trinajstić information content (AvgIpc) is 3.38. The molecule has 40 heavy (non-hydrogen) atoms. The van der Waals surface area contributed by atoms with Crippen molar-refractivity contribution in [2.45, 2.75) is 31.3 Å². The molecule has 218 valence electrons. The van der Waals surface area contributed by atoms with Crippen LogP contribution >= 0.6 is 11.6 Å². The fraction of sp³-hybridized carbons (Fsp3) is 0.500. The molecule has 12 heteroatoms. The molecule has 2 aliphatic heterocycles. The Morgan fingerprint density at radius 1 is 1.00 bits per heavy atom. The minimum absolute atomic E-state index is 0.145. The lowest BCUT2D eigenvalue weighted by molar-refractivity contribution is -0.137. The van der Waals surface area contributed by atoms with E-state index in [2.05, 4.69) is 25.3 Å². The highest BCUT2D eigenvalue weighted by molar-refractivity contribution is 6.30. The third kappa shape index (κ3) is 8.65. The number of piperazine rings is 1. The first kappa shape index (κ1) is 30.3. The van der Waals surface area contributed by atoms with E-state index in [9.17, 15) is 27.9 Å². The Hall–Kier alpha value is -2.70. The summed E-state index contributed by atoms with van der Waals surface area (Å²) in [4.78, 5) is 31.6. The van der Waals surface area contributed by atoms with Gasteiger partial charge in [-0.15, -0.1) is 0 Å². The van der Waals surface area contributed by atoms with Gasteiger partial charge >= 0.3 is 6.18 Å². The summed E-state index contributed by atoms with van der Waals surface area (Å²) in [6.07, 6.45) is -3.52. The number of likely N-dealkylation sites (tertiary alicyclic amines) is 1. The highest BCUT2D eigenvalue weighted by atomic mass is 35.5. The Bertz CT molecular complexity index is 1140. The van der Waals surface area contributed by atoms with Crippen molar-refractivity contribution in [2.24, 2.45) is 0 Å². The summed E-state index contributed by atoms with van der Waals surface area (Å²) in [5, 5.41) is 16.5. The predicted molar refractivity (Wildman–Crippen MR) is 146 cm³/mol. The van der Waals surface area contributed by atoms with E-state index in [4.69, 9.17) is 11.6 Å². The molecule has 2 aromatic carbocycles. The van der Waals surface area contributed by atoms with Crippen molar-refractivity contribution in [1.29, 1.82) is 0 Å². The molecule has 0 aromatic heterocycles. The van der Waals surface area contributed by atoms with E-state index in [1.54, 1.807) is 12.1 Å². The van der Waals surface area contributed by atoms with Crippen molar-refractivity contribution in [3.8, 4) is 0 Å². The maximum absolute atomic E-state index is 12.9. The van der Waals surface area contributed by atoms with Crippen molar-refractivity contribution < 1.29 is 27.9 Å². The number of halogens is 4. The van der Waals surface area contributed by atoms with E-state index in [0.29, 0.717) is 11.6 Å². The molecule has 0 aliphatic carbocycles. The Kier molecular flexibility index (Phi) is 10.4. The predicted octanol–water partition coefficient (Wildman–Crippen LogP) is 2.98. The van der Waals surface area contributed by atoms with Gasteiger partial charge in [0.25, 0.3) is 5.91 Å². The van der Waals surface area contributed by atoms with Gasteiger partial charge in [0.2, 0.25) is 5.91 Å². The first-order valence-electron chi connectivity index (χ1n) is 13.5. The van der Waals surface area contributed by atoms with Gasteiger partial charge in [-0.2, -0.15) is 13.2 Å². The number of hydrogen-bond donors (Lipinski definition) is 3. The van der Waals surface area contributed by atoms with Crippen LogP contribution in [0.5, 0.6) is 0 Å². The number of alkyl halides is 3. The van der Waals surface area contributed by atoms with Crippen LogP contribution in [-0.2, 0) is 11.0 Å². The molecule has 2 aromatic rings. The Morgan fingerprint density at radius 3 is 2.40 bits per heavy atom. The standard InChI is InChI=1S/C28H35ClF3N5O3/c29-23-8-6-20(7-9-23)24(38)19-36-13-11-35(12-14-36)15-16-37-10-2-5-25(37)34-26(39)18-33-27(40)21-3-1-4-22(17-21)28(30,31)32/h1,3-4,6-9,17,24-25,38H,2,5,10-16,18-19H2,(H,33,40)(H,34,39). The minimum atomic E-state index is -4.55. The summed E-state index contributed by atoms with van der Waals surface area (Å²) in [6.45, 7) is 6.24. The third-order valence-corrected chi connectivity index (χ3v) is 7.66. The number of carbonyl (C=O) groups is 2. The van der Waals surface area contributed by atoms with E-state index in [-0.39, 0.29) is 24.2 Å². The topological polar surface area (TPSA) is 88.2 Å². The van der Waals surface area contributed by atoms with E-state index in [0.717, 1.165) is 76.4 Å². The van der Waals surface area contributed by atoms with Crippen molar-refractivity contribution >= 4 is 23.4 Å². The van der Waals surface area contributed by atoms with Crippen LogP contribution in [0.2, 0.25) is 5.02 Å². The highest BCUT2D eigenvalue weighted by Crippen LogP contribution is 2.29. The first-order valence-corrected chi connectivity index (χ1v) is 13.8. The number of nitrogens with zero attached hydrogens (tertiary/aromatic N) is 3. The molecule has 8 nitrogen and oxygen atoms in total. The van der Waals surface area contributed by atoms with E-state index in [1.165, 1.54) is 12.1 Å².